The summed E-state index contributed by atoms with van der Waals surface area (Å²) >= 11 is 0. The van der Waals surface area contributed by atoms with Crippen LogP contribution in [0, 0.1) is 5.82 Å². The number of benzene rings is 1. The molecular weight excluding hydrogens is 209 g/mol. The van der Waals surface area contributed by atoms with Crippen molar-refractivity contribution >= 4 is 16.8 Å². The quantitative estimate of drug-likeness (QED) is 0.809. The van der Waals surface area contributed by atoms with Crippen molar-refractivity contribution in [2.75, 3.05) is 7.05 Å². The van der Waals surface area contributed by atoms with Gasteiger partial charge < -0.3 is 9.73 Å². The fourth-order valence-corrected chi connectivity index (χ4v) is 1.56. The highest BCUT2D eigenvalue weighted by Gasteiger charge is 2.19. The maximum Gasteiger partial charge on any atom is 0.182 e. The summed E-state index contributed by atoms with van der Waals surface area (Å²) in [6.45, 7) is 1.70. The van der Waals surface area contributed by atoms with Crippen molar-refractivity contribution in [2.45, 2.75) is 13.0 Å². The van der Waals surface area contributed by atoms with Gasteiger partial charge in [0.05, 0.1) is 23.3 Å². The van der Waals surface area contributed by atoms with E-state index in [9.17, 15) is 9.18 Å². The predicted octanol–water partition coefficient (Wildman–Crippen LogP) is 2.36. The molecular formula is C12H12FNO2. The Labute approximate surface area is 92.2 Å². The number of carbonyl (C=O) groups excluding carboxylic acids is 1. The second-order valence-corrected chi connectivity index (χ2v) is 3.63. The van der Waals surface area contributed by atoms with Crippen LogP contribution in [0.1, 0.15) is 17.3 Å². The smallest absolute Gasteiger partial charge is 0.182 e. The summed E-state index contributed by atoms with van der Waals surface area (Å²) in [5.74, 6) is -0.776. The Hall–Kier alpha value is -1.68. The van der Waals surface area contributed by atoms with Gasteiger partial charge >= 0.3 is 0 Å². The number of carbonyl (C=O) groups is 1. The van der Waals surface area contributed by atoms with Gasteiger partial charge in [0.15, 0.2) is 5.78 Å². The minimum Gasteiger partial charge on any atom is -0.464 e. The third-order valence-electron chi connectivity index (χ3n) is 2.66. The molecule has 0 amide bonds. The van der Waals surface area contributed by atoms with Crippen molar-refractivity contribution in [3.8, 4) is 0 Å². The van der Waals surface area contributed by atoms with Gasteiger partial charge in [0.25, 0.3) is 0 Å². The number of ketones is 1. The van der Waals surface area contributed by atoms with Crippen molar-refractivity contribution in [3.63, 3.8) is 0 Å². The van der Waals surface area contributed by atoms with E-state index in [0.29, 0.717) is 11.0 Å². The van der Waals surface area contributed by atoms with Crippen LogP contribution in [0.25, 0.3) is 11.0 Å². The van der Waals surface area contributed by atoms with E-state index >= 15 is 0 Å². The number of halogens is 1. The topological polar surface area (TPSA) is 42.2 Å². The average Bonchev–Trinajstić information content (AvgIpc) is 2.76. The Morgan fingerprint density at radius 1 is 1.44 bits per heavy atom. The largest absolute Gasteiger partial charge is 0.464 e. The van der Waals surface area contributed by atoms with Gasteiger partial charge in [0.2, 0.25) is 0 Å². The molecule has 84 valence electrons. The Morgan fingerprint density at radius 2 is 2.19 bits per heavy atom. The number of fused-ring (bicyclic) bond motifs is 1. The van der Waals surface area contributed by atoms with Gasteiger partial charge in [0, 0.05) is 0 Å². The fourth-order valence-electron chi connectivity index (χ4n) is 1.56. The number of Topliss-reactive ketones (excluding diaryl/α,β-unsaturated/α-hetero) is 1. The molecule has 0 aliphatic rings. The van der Waals surface area contributed by atoms with Gasteiger partial charge in [-0.15, -0.1) is 0 Å². The van der Waals surface area contributed by atoms with Crippen molar-refractivity contribution in [1.29, 1.82) is 0 Å². The number of nitrogens with one attached hydrogen (secondary N) is 1. The minimum atomic E-state index is -0.515. The molecule has 0 radical (unpaired) electrons. The van der Waals surface area contributed by atoms with Crippen molar-refractivity contribution in [1.82, 2.24) is 5.32 Å². The van der Waals surface area contributed by atoms with Crippen LogP contribution < -0.4 is 5.32 Å². The lowest BCUT2D eigenvalue weighted by molar-refractivity contribution is 0.0951. The van der Waals surface area contributed by atoms with Crippen LogP contribution in [0.15, 0.2) is 28.9 Å². The monoisotopic (exact) mass is 221 g/mol. The maximum atomic E-state index is 13.9. The average molecular weight is 221 g/mol. The molecule has 1 heterocycles. The molecule has 4 heteroatoms. The van der Waals surface area contributed by atoms with Gasteiger partial charge in [0.1, 0.15) is 11.4 Å². The molecule has 0 aliphatic heterocycles. The molecule has 0 saturated heterocycles. The Balaban J connectivity index is 2.52. The zero-order valence-electron chi connectivity index (χ0n) is 9.08. The van der Waals surface area contributed by atoms with Crippen LogP contribution in [-0.4, -0.2) is 18.9 Å². The summed E-state index contributed by atoms with van der Waals surface area (Å²) < 4.78 is 19.0. The SMILES string of the molecule is CN[C@H](C)C(=O)c1ccc2occc2c1F. The molecule has 0 unspecified atom stereocenters. The molecule has 0 saturated carbocycles. The highest BCUT2D eigenvalue weighted by atomic mass is 19.1. The second kappa shape index (κ2) is 4.06. The zero-order valence-corrected chi connectivity index (χ0v) is 9.08. The van der Waals surface area contributed by atoms with Crippen LogP contribution in [0.3, 0.4) is 0 Å². The number of likely N-dealkylation sites (N-methyl/N-ethyl adjacent to an activating group) is 1. The molecule has 0 spiro atoms. The zero-order chi connectivity index (χ0) is 11.7. The Morgan fingerprint density at radius 3 is 2.88 bits per heavy atom. The highest BCUT2D eigenvalue weighted by Crippen LogP contribution is 2.22. The van der Waals surface area contributed by atoms with Gasteiger partial charge in [-0.3, -0.25) is 4.79 Å². The summed E-state index contributed by atoms with van der Waals surface area (Å²) in [7, 11) is 1.66. The van der Waals surface area contributed by atoms with Crippen molar-refractivity contribution in [3.05, 3.63) is 35.8 Å². The number of hydrogen-bond acceptors (Lipinski definition) is 3. The van der Waals surface area contributed by atoms with E-state index in [0.717, 1.165) is 0 Å². The van der Waals surface area contributed by atoms with E-state index < -0.39 is 11.9 Å². The first-order chi connectivity index (χ1) is 7.65. The normalized spacial score (nSPS) is 12.9. The van der Waals surface area contributed by atoms with Gasteiger partial charge in [-0.25, -0.2) is 4.39 Å². The van der Waals surface area contributed by atoms with Crippen molar-refractivity contribution < 1.29 is 13.6 Å². The fraction of sp³-hybridized carbons (Fsp3) is 0.250. The summed E-state index contributed by atoms with van der Waals surface area (Å²) in [5, 5.41) is 3.13. The standard InChI is InChI=1S/C12H12FNO2/c1-7(14-2)12(15)9-3-4-10-8(11(9)13)5-6-16-10/h3-7,14H,1-2H3/t7-/m1/s1. The molecule has 0 aliphatic carbocycles. The van der Waals surface area contributed by atoms with Crippen LogP contribution in [-0.2, 0) is 0 Å². The Bertz CT molecular complexity index is 533. The predicted molar refractivity (Wildman–Crippen MR) is 59.0 cm³/mol. The molecule has 1 atom stereocenters. The van der Waals surface area contributed by atoms with E-state index in [2.05, 4.69) is 5.32 Å². The molecule has 1 N–H and O–H groups in total. The third-order valence-corrected chi connectivity index (χ3v) is 2.66. The minimum absolute atomic E-state index is 0.0933. The molecule has 0 bridgehead atoms. The maximum absolute atomic E-state index is 13.9. The molecule has 2 aromatic rings. The molecule has 3 nitrogen and oxygen atoms in total. The van der Waals surface area contributed by atoms with Crippen molar-refractivity contribution in [2.24, 2.45) is 0 Å². The van der Waals surface area contributed by atoms with Gasteiger partial charge in [-0.1, -0.05) is 0 Å². The number of furan rings is 1. The third kappa shape index (κ3) is 1.61. The lowest BCUT2D eigenvalue weighted by atomic mass is 10.0. The van der Waals surface area contributed by atoms with Crippen LogP contribution in [0.2, 0.25) is 0 Å². The molecule has 1 aromatic carbocycles. The van der Waals surface area contributed by atoms with E-state index in [1.165, 1.54) is 18.4 Å². The van der Waals surface area contributed by atoms with Gasteiger partial charge in [-0.05, 0) is 32.2 Å². The molecule has 2 rings (SSSR count). The van der Waals surface area contributed by atoms with E-state index in [-0.39, 0.29) is 11.3 Å². The first-order valence-corrected chi connectivity index (χ1v) is 5.02. The number of rotatable bonds is 3. The molecule has 16 heavy (non-hydrogen) atoms. The number of hydrogen-bond donors (Lipinski definition) is 1. The first-order valence-electron chi connectivity index (χ1n) is 5.02. The van der Waals surface area contributed by atoms with Gasteiger partial charge in [-0.2, -0.15) is 0 Å². The second-order valence-electron chi connectivity index (χ2n) is 3.63. The lowest BCUT2D eigenvalue weighted by Gasteiger charge is -2.09. The van der Waals surface area contributed by atoms with E-state index in [1.807, 2.05) is 0 Å². The van der Waals surface area contributed by atoms with E-state index in [1.54, 1.807) is 20.0 Å². The van der Waals surface area contributed by atoms with E-state index in [4.69, 9.17) is 4.42 Å². The summed E-state index contributed by atoms with van der Waals surface area (Å²) in [5.41, 5.74) is 0.543. The summed E-state index contributed by atoms with van der Waals surface area (Å²) in [6, 6.07) is 4.18. The summed E-state index contributed by atoms with van der Waals surface area (Å²) in [4.78, 5) is 11.8. The van der Waals surface area contributed by atoms with Crippen LogP contribution >= 0.6 is 0 Å². The Kier molecular flexibility index (Phi) is 2.75. The van der Waals surface area contributed by atoms with Crippen LogP contribution in [0.4, 0.5) is 4.39 Å². The summed E-state index contributed by atoms with van der Waals surface area (Å²) in [6.07, 6.45) is 1.41. The van der Waals surface area contributed by atoms with Crippen LogP contribution in [0.5, 0.6) is 0 Å². The molecule has 1 aromatic heterocycles. The first kappa shape index (κ1) is 10.8. The lowest BCUT2D eigenvalue weighted by Crippen LogP contribution is -2.31. The molecule has 0 fully saturated rings. The highest BCUT2D eigenvalue weighted by molar-refractivity contribution is 6.02.